The van der Waals surface area contributed by atoms with E-state index in [1.807, 2.05) is 6.92 Å². The van der Waals surface area contributed by atoms with Crippen molar-refractivity contribution in [2.24, 2.45) is 0 Å². The Morgan fingerprint density at radius 2 is 2.11 bits per heavy atom. The van der Waals surface area contributed by atoms with Crippen LogP contribution >= 0.6 is 0 Å². The number of nitriles is 2. The third-order valence-corrected chi connectivity index (χ3v) is 2.66. The first-order valence-corrected chi connectivity index (χ1v) is 5.49. The van der Waals surface area contributed by atoms with Crippen LogP contribution in [-0.4, -0.2) is 9.78 Å². The molecule has 1 heterocycles. The van der Waals surface area contributed by atoms with Crippen molar-refractivity contribution in [1.29, 1.82) is 10.5 Å². The fourth-order valence-electron chi connectivity index (χ4n) is 1.75. The van der Waals surface area contributed by atoms with Crippen LogP contribution in [0.15, 0.2) is 24.3 Å². The zero-order valence-electron chi connectivity index (χ0n) is 9.88. The van der Waals surface area contributed by atoms with E-state index in [1.165, 1.54) is 4.68 Å². The predicted octanol–water partition coefficient (Wildman–Crippen LogP) is 1.76. The highest BCUT2D eigenvalue weighted by molar-refractivity contribution is 5.57. The SMILES string of the molecule is CCc1nn(-c2cccc(C#N)c2)c(N)c1C#N. The molecule has 1 aromatic heterocycles. The maximum absolute atomic E-state index is 9.06. The lowest BCUT2D eigenvalue weighted by molar-refractivity contribution is 0.848. The molecular weight excluding hydrogens is 226 g/mol. The summed E-state index contributed by atoms with van der Waals surface area (Å²) in [4.78, 5) is 0. The van der Waals surface area contributed by atoms with Gasteiger partial charge in [0.15, 0.2) is 0 Å². The van der Waals surface area contributed by atoms with Crippen LogP contribution in [0.25, 0.3) is 5.69 Å². The molecule has 0 saturated heterocycles. The molecule has 0 fully saturated rings. The lowest BCUT2D eigenvalue weighted by atomic mass is 10.2. The van der Waals surface area contributed by atoms with Crippen molar-refractivity contribution < 1.29 is 0 Å². The van der Waals surface area contributed by atoms with Gasteiger partial charge in [0, 0.05) is 0 Å². The molecule has 0 bridgehead atoms. The number of nitrogens with zero attached hydrogens (tertiary/aromatic N) is 4. The molecule has 0 aliphatic carbocycles. The van der Waals surface area contributed by atoms with Crippen LogP contribution in [0.1, 0.15) is 23.7 Å². The van der Waals surface area contributed by atoms with Gasteiger partial charge in [-0.05, 0) is 24.6 Å². The number of hydrogen-bond donors (Lipinski definition) is 1. The van der Waals surface area contributed by atoms with Crippen LogP contribution in [0.4, 0.5) is 5.82 Å². The molecule has 0 unspecified atom stereocenters. The Balaban J connectivity index is 2.62. The maximum atomic E-state index is 9.06. The van der Waals surface area contributed by atoms with Crippen molar-refractivity contribution in [1.82, 2.24) is 9.78 Å². The lowest BCUT2D eigenvalue weighted by Gasteiger charge is -2.03. The van der Waals surface area contributed by atoms with Gasteiger partial charge in [0.1, 0.15) is 17.5 Å². The summed E-state index contributed by atoms with van der Waals surface area (Å²) in [5.41, 5.74) is 8.19. The van der Waals surface area contributed by atoms with Gasteiger partial charge in [-0.3, -0.25) is 0 Å². The molecule has 0 atom stereocenters. The van der Waals surface area contributed by atoms with Crippen LogP contribution < -0.4 is 5.73 Å². The summed E-state index contributed by atoms with van der Waals surface area (Å²) >= 11 is 0. The van der Waals surface area contributed by atoms with E-state index in [4.69, 9.17) is 16.3 Å². The van der Waals surface area contributed by atoms with E-state index < -0.39 is 0 Å². The van der Waals surface area contributed by atoms with E-state index in [-0.39, 0.29) is 0 Å². The third-order valence-electron chi connectivity index (χ3n) is 2.66. The van der Waals surface area contributed by atoms with Crippen molar-refractivity contribution in [3.63, 3.8) is 0 Å². The molecule has 0 saturated carbocycles. The number of hydrogen-bond acceptors (Lipinski definition) is 4. The van der Waals surface area contributed by atoms with Crippen LogP contribution in [-0.2, 0) is 6.42 Å². The van der Waals surface area contributed by atoms with Crippen molar-refractivity contribution >= 4 is 5.82 Å². The van der Waals surface area contributed by atoms with Gasteiger partial charge < -0.3 is 5.73 Å². The van der Waals surface area contributed by atoms with Gasteiger partial charge in [-0.2, -0.15) is 15.6 Å². The van der Waals surface area contributed by atoms with Gasteiger partial charge >= 0.3 is 0 Å². The Kier molecular flexibility index (Phi) is 2.99. The minimum atomic E-state index is 0.310. The fraction of sp³-hybridized carbons (Fsp3) is 0.154. The van der Waals surface area contributed by atoms with Crippen LogP contribution in [0.3, 0.4) is 0 Å². The minimum Gasteiger partial charge on any atom is -0.382 e. The monoisotopic (exact) mass is 237 g/mol. The summed E-state index contributed by atoms with van der Waals surface area (Å²) in [6, 6.07) is 11.1. The predicted molar refractivity (Wildman–Crippen MR) is 66.8 cm³/mol. The van der Waals surface area contributed by atoms with Crippen LogP contribution in [0, 0.1) is 22.7 Å². The lowest BCUT2D eigenvalue weighted by Crippen LogP contribution is -2.02. The van der Waals surface area contributed by atoms with Gasteiger partial charge in [-0.25, -0.2) is 4.68 Å². The fourth-order valence-corrected chi connectivity index (χ4v) is 1.75. The minimum absolute atomic E-state index is 0.310. The average Bonchev–Trinajstić information content (AvgIpc) is 2.75. The van der Waals surface area contributed by atoms with Gasteiger partial charge in [-0.1, -0.05) is 13.0 Å². The van der Waals surface area contributed by atoms with Crippen LogP contribution in [0.2, 0.25) is 0 Å². The number of aromatic nitrogens is 2. The molecular formula is C13H11N5. The smallest absolute Gasteiger partial charge is 0.145 e. The molecule has 1 aromatic carbocycles. The highest BCUT2D eigenvalue weighted by Crippen LogP contribution is 2.21. The van der Waals surface area contributed by atoms with Crippen molar-refractivity contribution in [3.05, 3.63) is 41.1 Å². The Labute approximate surface area is 105 Å². The second kappa shape index (κ2) is 4.60. The molecule has 0 radical (unpaired) electrons. The number of anilines is 1. The second-order valence-electron chi connectivity index (χ2n) is 3.75. The molecule has 2 rings (SSSR count). The maximum Gasteiger partial charge on any atom is 0.145 e. The van der Waals surface area contributed by atoms with Crippen molar-refractivity contribution in [2.75, 3.05) is 5.73 Å². The first-order chi connectivity index (χ1) is 8.71. The number of aryl methyl sites for hydroxylation is 1. The third kappa shape index (κ3) is 1.79. The molecule has 2 aromatic rings. The number of nitrogen functional groups attached to an aromatic ring is 1. The van der Waals surface area contributed by atoms with Crippen molar-refractivity contribution in [3.8, 4) is 17.8 Å². The summed E-state index contributed by atoms with van der Waals surface area (Å²) in [7, 11) is 0. The largest absolute Gasteiger partial charge is 0.382 e. The normalized spacial score (nSPS) is 9.72. The summed E-state index contributed by atoms with van der Waals surface area (Å²) in [6.07, 6.45) is 0.637. The van der Waals surface area contributed by atoms with Crippen LogP contribution in [0.5, 0.6) is 0 Å². The van der Waals surface area contributed by atoms with Gasteiger partial charge in [0.25, 0.3) is 0 Å². The van der Waals surface area contributed by atoms with E-state index in [0.29, 0.717) is 34.7 Å². The Morgan fingerprint density at radius 1 is 1.33 bits per heavy atom. The first-order valence-electron chi connectivity index (χ1n) is 5.49. The molecule has 5 nitrogen and oxygen atoms in total. The van der Waals surface area contributed by atoms with Gasteiger partial charge in [0.05, 0.1) is 23.0 Å². The molecule has 0 spiro atoms. The summed E-state index contributed by atoms with van der Waals surface area (Å²) in [5, 5.41) is 22.2. The first kappa shape index (κ1) is 11.7. The van der Waals surface area contributed by atoms with Gasteiger partial charge in [0.2, 0.25) is 0 Å². The Bertz CT molecular complexity index is 670. The second-order valence-corrected chi connectivity index (χ2v) is 3.75. The summed E-state index contributed by atoms with van der Waals surface area (Å²) in [5.74, 6) is 0.310. The topological polar surface area (TPSA) is 91.4 Å². The Morgan fingerprint density at radius 3 is 2.67 bits per heavy atom. The number of rotatable bonds is 2. The highest BCUT2D eigenvalue weighted by atomic mass is 15.3. The van der Waals surface area contributed by atoms with E-state index >= 15 is 0 Å². The van der Waals surface area contributed by atoms with E-state index in [2.05, 4.69) is 17.2 Å². The molecule has 5 heteroatoms. The zero-order chi connectivity index (χ0) is 13.1. The number of benzene rings is 1. The summed E-state index contributed by atoms with van der Waals surface area (Å²) < 4.78 is 1.50. The van der Waals surface area contributed by atoms with E-state index in [1.54, 1.807) is 24.3 Å². The molecule has 0 amide bonds. The van der Waals surface area contributed by atoms with E-state index in [9.17, 15) is 0 Å². The molecule has 0 aliphatic heterocycles. The molecule has 18 heavy (non-hydrogen) atoms. The zero-order valence-corrected chi connectivity index (χ0v) is 9.88. The highest BCUT2D eigenvalue weighted by Gasteiger charge is 2.15. The summed E-state index contributed by atoms with van der Waals surface area (Å²) in [6.45, 7) is 1.92. The van der Waals surface area contributed by atoms with Crippen molar-refractivity contribution in [2.45, 2.75) is 13.3 Å². The standard InChI is InChI=1S/C13H11N5/c1-2-12-11(8-15)13(16)18(17-12)10-5-3-4-9(6-10)7-14/h3-6H,2,16H2,1H3. The molecule has 88 valence electrons. The Hall–Kier alpha value is -2.79. The van der Waals surface area contributed by atoms with E-state index in [0.717, 1.165) is 0 Å². The molecule has 0 aliphatic rings. The quantitative estimate of drug-likeness (QED) is 0.861. The number of nitrogens with two attached hydrogens (primary N) is 1. The van der Waals surface area contributed by atoms with Gasteiger partial charge in [-0.15, -0.1) is 0 Å². The molecule has 2 N–H and O–H groups in total. The average molecular weight is 237 g/mol.